The summed E-state index contributed by atoms with van der Waals surface area (Å²) in [6, 6.07) is 6.18. The van der Waals surface area contributed by atoms with Crippen LogP contribution in [0.1, 0.15) is 93.9 Å². The molecule has 0 aliphatic rings. The van der Waals surface area contributed by atoms with Crippen molar-refractivity contribution < 1.29 is 60.0 Å². The van der Waals surface area contributed by atoms with Gasteiger partial charge >= 0.3 is 41.5 Å². The Balaban J connectivity index is 0.00000612. The normalized spacial score (nSPS) is 10.9. The van der Waals surface area contributed by atoms with Gasteiger partial charge in [-0.2, -0.15) is 0 Å². The van der Waals surface area contributed by atoms with E-state index in [4.69, 9.17) is 4.74 Å². The number of hydrogen-bond acceptors (Lipinski definition) is 6. The van der Waals surface area contributed by atoms with E-state index >= 15 is 0 Å². The molecule has 0 bridgehead atoms. The summed E-state index contributed by atoms with van der Waals surface area (Å²) in [6.07, 6.45) is 1.25. The number of carbonyl (C=O) groups is 4. The van der Waals surface area contributed by atoms with Gasteiger partial charge in [0, 0.05) is 12.8 Å². The van der Waals surface area contributed by atoms with Crippen LogP contribution in [0.2, 0.25) is 0 Å². The molecule has 1 aromatic heterocycles. The number of carboxylic acids is 1. The molecule has 1 heterocycles. The van der Waals surface area contributed by atoms with Crippen LogP contribution in [0.4, 0.5) is 10.7 Å². The molecule has 10 heteroatoms. The predicted molar refractivity (Wildman–Crippen MR) is 134 cm³/mol. The van der Waals surface area contributed by atoms with Crippen molar-refractivity contribution in [2.45, 2.75) is 71.8 Å². The molecule has 2 rings (SSSR count). The third-order valence-corrected chi connectivity index (χ3v) is 5.70. The number of thiophene rings is 1. The first-order valence-electron chi connectivity index (χ1n) is 11.2. The molecule has 0 saturated carbocycles. The molecule has 8 nitrogen and oxygen atoms in total. The minimum absolute atomic E-state index is 0. The number of amides is 2. The summed E-state index contributed by atoms with van der Waals surface area (Å²) in [6.45, 7) is 9.33. The van der Waals surface area contributed by atoms with Gasteiger partial charge in [-0.15, -0.1) is 11.3 Å². The topological polar surface area (TPSA) is 122 Å². The fourth-order valence-electron chi connectivity index (χ4n) is 3.18. The molecule has 0 aliphatic carbocycles. The quantitative estimate of drug-likeness (QED) is 0.256. The van der Waals surface area contributed by atoms with Crippen LogP contribution in [0.5, 0.6) is 0 Å². The van der Waals surface area contributed by atoms with E-state index in [1.165, 1.54) is 23.5 Å². The summed E-state index contributed by atoms with van der Waals surface area (Å²) in [5.41, 5.74) is 0.825. The van der Waals surface area contributed by atoms with Crippen molar-refractivity contribution in [3.8, 4) is 0 Å². The van der Waals surface area contributed by atoms with E-state index in [2.05, 4.69) is 10.6 Å². The molecule has 0 atom stereocenters. The SMILES string of the molecule is CC(C)c1csc(NC(=O)CCCCC(=O)Nc2ccccc2C(=O)O)c1C(=O)OC(C)(C)C.[H-].[Na+]. The van der Waals surface area contributed by atoms with Crippen molar-refractivity contribution in [3.05, 3.63) is 46.3 Å². The van der Waals surface area contributed by atoms with E-state index in [0.29, 0.717) is 23.4 Å². The predicted octanol–water partition coefficient (Wildman–Crippen LogP) is 2.78. The number of nitrogens with one attached hydrogen (secondary N) is 2. The van der Waals surface area contributed by atoms with Gasteiger partial charge in [-0.05, 0) is 62.6 Å². The number of unbranched alkanes of at least 4 members (excludes halogenated alkanes) is 1. The molecule has 3 N–H and O–H groups in total. The van der Waals surface area contributed by atoms with Crippen molar-refractivity contribution in [1.29, 1.82) is 0 Å². The molecule has 0 aliphatic heterocycles. The van der Waals surface area contributed by atoms with Gasteiger partial charge in [0.2, 0.25) is 11.8 Å². The number of anilines is 2. The molecular weight excluding hydrogens is 479 g/mol. The van der Waals surface area contributed by atoms with Gasteiger partial charge in [-0.1, -0.05) is 26.0 Å². The minimum atomic E-state index is -1.12. The Labute approximate surface area is 233 Å². The second-order valence-corrected chi connectivity index (χ2v) is 10.1. The van der Waals surface area contributed by atoms with Crippen LogP contribution in [0.15, 0.2) is 29.6 Å². The molecule has 0 spiro atoms. The summed E-state index contributed by atoms with van der Waals surface area (Å²) in [5.74, 6) is -2.06. The molecule has 0 unspecified atom stereocenters. The number of esters is 1. The minimum Gasteiger partial charge on any atom is -1.00 e. The number of carbonyl (C=O) groups excluding carboxylic acids is 3. The van der Waals surface area contributed by atoms with Crippen LogP contribution in [-0.4, -0.2) is 34.5 Å². The number of rotatable bonds is 10. The summed E-state index contributed by atoms with van der Waals surface area (Å²) in [5, 5.41) is 16.9. The Bertz CT molecular complexity index is 1070. The zero-order chi connectivity index (χ0) is 25.5. The van der Waals surface area contributed by atoms with Crippen LogP contribution in [0.3, 0.4) is 0 Å². The maximum absolute atomic E-state index is 12.8. The number of aromatic carboxylic acids is 1. The monoisotopic (exact) mass is 512 g/mol. The van der Waals surface area contributed by atoms with Gasteiger partial charge in [-0.25, -0.2) is 9.59 Å². The van der Waals surface area contributed by atoms with E-state index in [0.717, 1.165) is 5.56 Å². The molecule has 35 heavy (non-hydrogen) atoms. The van der Waals surface area contributed by atoms with E-state index in [1.807, 2.05) is 19.2 Å². The Morgan fingerprint density at radius 2 is 1.60 bits per heavy atom. The van der Waals surface area contributed by atoms with Crippen molar-refractivity contribution >= 4 is 45.8 Å². The maximum Gasteiger partial charge on any atom is 1.00 e. The molecule has 0 fully saturated rings. The number of ether oxygens (including phenoxy) is 1. The van der Waals surface area contributed by atoms with Crippen LogP contribution >= 0.6 is 11.3 Å². The van der Waals surface area contributed by atoms with E-state index in [-0.39, 0.29) is 72.8 Å². The van der Waals surface area contributed by atoms with Gasteiger partial charge in [-0.3, -0.25) is 9.59 Å². The van der Waals surface area contributed by atoms with Crippen LogP contribution in [-0.2, 0) is 14.3 Å². The van der Waals surface area contributed by atoms with E-state index in [1.54, 1.807) is 32.9 Å². The largest absolute Gasteiger partial charge is 1.00 e. The Morgan fingerprint density at radius 3 is 2.14 bits per heavy atom. The van der Waals surface area contributed by atoms with Gasteiger partial charge in [0.15, 0.2) is 0 Å². The van der Waals surface area contributed by atoms with Crippen molar-refractivity contribution in [3.63, 3.8) is 0 Å². The Kier molecular flexibility index (Phi) is 12.1. The van der Waals surface area contributed by atoms with Crippen LogP contribution < -0.4 is 40.2 Å². The average molecular weight is 513 g/mol. The Morgan fingerprint density at radius 1 is 1.03 bits per heavy atom. The van der Waals surface area contributed by atoms with E-state index in [9.17, 15) is 24.3 Å². The van der Waals surface area contributed by atoms with Gasteiger partial charge < -0.3 is 21.9 Å². The molecule has 0 saturated heterocycles. The third kappa shape index (κ3) is 9.76. The third-order valence-electron chi connectivity index (χ3n) is 4.79. The fraction of sp³-hybridized carbons (Fsp3) is 0.440. The maximum atomic E-state index is 12.8. The first kappa shape index (κ1) is 30.8. The first-order chi connectivity index (χ1) is 15.9. The van der Waals surface area contributed by atoms with Crippen molar-refractivity contribution in [2.24, 2.45) is 0 Å². The van der Waals surface area contributed by atoms with Gasteiger partial charge in [0.1, 0.15) is 10.6 Å². The summed E-state index contributed by atoms with van der Waals surface area (Å²) >= 11 is 1.29. The summed E-state index contributed by atoms with van der Waals surface area (Å²) in [7, 11) is 0. The number of hydrogen-bond donors (Lipinski definition) is 3. The van der Waals surface area contributed by atoms with E-state index < -0.39 is 17.5 Å². The molecule has 0 radical (unpaired) electrons. The first-order valence-corrected chi connectivity index (χ1v) is 12.0. The molecule has 2 amide bonds. The standard InChI is InChI=1S/C25H32N2O6S.Na.H/c1-15(2)17-14-34-22(21(17)24(32)33-25(3,4)5)27-20(29)13-9-8-12-19(28)26-18-11-7-6-10-16(18)23(30)31;;/h6-7,10-11,14-15H,8-9,12-13H2,1-5H3,(H,26,28)(H,27,29)(H,30,31);;/q;+1;-1. The van der Waals surface area contributed by atoms with Gasteiger partial charge in [0.25, 0.3) is 0 Å². The van der Waals surface area contributed by atoms with Crippen molar-refractivity contribution in [1.82, 2.24) is 0 Å². The second kappa shape index (κ2) is 13.8. The van der Waals surface area contributed by atoms with Crippen LogP contribution in [0.25, 0.3) is 0 Å². The summed E-state index contributed by atoms with van der Waals surface area (Å²) in [4.78, 5) is 48.6. The molecular formula is C25H33N2NaO6S. The zero-order valence-electron chi connectivity index (χ0n) is 22.2. The fourth-order valence-corrected chi connectivity index (χ4v) is 4.31. The van der Waals surface area contributed by atoms with Crippen molar-refractivity contribution in [2.75, 3.05) is 10.6 Å². The van der Waals surface area contributed by atoms with Gasteiger partial charge in [0.05, 0.1) is 16.8 Å². The number of carboxylic acid groups (broad SMARTS) is 1. The molecule has 186 valence electrons. The smallest absolute Gasteiger partial charge is 1.00 e. The number of benzene rings is 1. The van der Waals surface area contributed by atoms with Crippen LogP contribution in [0, 0.1) is 0 Å². The second-order valence-electron chi connectivity index (χ2n) is 9.21. The molecule has 2 aromatic rings. The zero-order valence-corrected chi connectivity index (χ0v) is 24.0. The summed E-state index contributed by atoms with van der Waals surface area (Å²) < 4.78 is 5.53. The molecule has 1 aromatic carbocycles. The Hall–Kier alpha value is -2.20. The average Bonchev–Trinajstić information content (AvgIpc) is 3.14. The number of para-hydroxylation sites is 1.